The van der Waals surface area contributed by atoms with Crippen molar-refractivity contribution in [2.45, 2.75) is 17.7 Å². The number of alkyl halides is 1. The van der Waals surface area contributed by atoms with Crippen molar-refractivity contribution in [3.63, 3.8) is 0 Å². The molecule has 1 fully saturated rings. The number of amides is 1. The van der Waals surface area contributed by atoms with Crippen LogP contribution in [0.25, 0.3) is 0 Å². The normalized spacial score (nSPS) is 21.7. The molecule has 3 nitrogen and oxygen atoms in total. The maximum atomic E-state index is 12.3. The van der Waals surface area contributed by atoms with E-state index in [0.29, 0.717) is 10.7 Å². The van der Waals surface area contributed by atoms with Crippen LogP contribution >= 0.6 is 15.9 Å². The van der Waals surface area contributed by atoms with Gasteiger partial charge in [0, 0.05) is 43.8 Å². The minimum atomic E-state index is 0.114. The number of halogens is 1. The minimum Gasteiger partial charge on any atom is -0.378 e. The Morgan fingerprint density at radius 1 is 1.21 bits per heavy atom. The summed E-state index contributed by atoms with van der Waals surface area (Å²) in [5.41, 5.74) is 1.88. The van der Waals surface area contributed by atoms with Crippen LogP contribution in [0.4, 0.5) is 5.69 Å². The highest BCUT2D eigenvalue weighted by molar-refractivity contribution is 9.09. The Kier molecular flexibility index (Phi) is 4.50. The lowest BCUT2D eigenvalue weighted by molar-refractivity contribution is 0.0749. The van der Waals surface area contributed by atoms with Gasteiger partial charge >= 0.3 is 0 Å². The van der Waals surface area contributed by atoms with Crippen molar-refractivity contribution >= 4 is 27.5 Å². The summed E-state index contributed by atoms with van der Waals surface area (Å²) in [4.78, 5) is 16.8. The molecule has 0 aliphatic heterocycles. The zero-order valence-corrected chi connectivity index (χ0v) is 13.4. The number of nitrogens with zero attached hydrogens (tertiary/aromatic N) is 2. The number of carbonyl (C=O) groups excluding carboxylic acids is 1. The van der Waals surface area contributed by atoms with Crippen LogP contribution in [0.3, 0.4) is 0 Å². The Hall–Kier alpha value is -1.03. The largest absolute Gasteiger partial charge is 0.378 e. The second kappa shape index (κ2) is 5.95. The van der Waals surface area contributed by atoms with Gasteiger partial charge in [0.2, 0.25) is 0 Å². The molecular weight excluding hydrogens is 304 g/mol. The molecule has 0 heterocycles. The molecule has 104 valence electrons. The van der Waals surface area contributed by atoms with Gasteiger partial charge in [0.1, 0.15) is 0 Å². The maximum absolute atomic E-state index is 12.3. The first-order valence-electron chi connectivity index (χ1n) is 6.64. The summed E-state index contributed by atoms with van der Waals surface area (Å²) in [5, 5.41) is 0. The molecule has 1 aliphatic rings. The first-order chi connectivity index (χ1) is 8.97. The number of anilines is 1. The molecule has 0 saturated heterocycles. The third-order valence-corrected chi connectivity index (χ3v) is 4.44. The van der Waals surface area contributed by atoms with Gasteiger partial charge in [-0.3, -0.25) is 4.79 Å². The Balaban J connectivity index is 1.94. The zero-order valence-electron chi connectivity index (χ0n) is 11.8. The molecule has 1 saturated carbocycles. The molecule has 1 aromatic rings. The SMILES string of the molecule is CN(CC1CC(Br)C1)C(=O)c1ccc(N(C)C)cc1. The van der Waals surface area contributed by atoms with Gasteiger partial charge in [-0.05, 0) is 43.0 Å². The van der Waals surface area contributed by atoms with E-state index in [4.69, 9.17) is 0 Å². The number of hydrogen-bond acceptors (Lipinski definition) is 2. The van der Waals surface area contributed by atoms with E-state index in [1.165, 1.54) is 12.8 Å². The first kappa shape index (κ1) is 14.4. The molecule has 0 bridgehead atoms. The van der Waals surface area contributed by atoms with Crippen molar-refractivity contribution < 1.29 is 4.79 Å². The summed E-state index contributed by atoms with van der Waals surface area (Å²) in [7, 11) is 5.89. The molecule has 4 heteroatoms. The molecule has 1 aliphatic carbocycles. The van der Waals surface area contributed by atoms with Crippen LogP contribution in [0, 0.1) is 5.92 Å². The van der Waals surface area contributed by atoms with E-state index in [2.05, 4.69) is 15.9 Å². The Morgan fingerprint density at radius 3 is 2.26 bits per heavy atom. The highest BCUT2D eigenvalue weighted by atomic mass is 79.9. The summed E-state index contributed by atoms with van der Waals surface area (Å²) >= 11 is 3.59. The molecule has 0 unspecified atom stereocenters. The van der Waals surface area contributed by atoms with E-state index >= 15 is 0 Å². The van der Waals surface area contributed by atoms with E-state index in [9.17, 15) is 4.79 Å². The molecule has 0 atom stereocenters. The Morgan fingerprint density at radius 2 is 1.79 bits per heavy atom. The van der Waals surface area contributed by atoms with Crippen LogP contribution < -0.4 is 4.90 Å². The average Bonchev–Trinajstić information content (AvgIpc) is 2.36. The van der Waals surface area contributed by atoms with Crippen molar-refractivity contribution in [1.82, 2.24) is 4.90 Å². The Labute approximate surface area is 123 Å². The van der Waals surface area contributed by atoms with Gasteiger partial charge in [-0.15, -0.1) is 0 Å². The molecule has 0 N–H and O–H groups in total. The summed E-state index contributed by atoms with van der Waals surface area (Å²) in [6.07, 6.45) is 2.36. The van der Waals surface area contributed by atoms with Crippen molar-refractivity contribution in [3.8, 4) is 0 Å². The average molecular weight is 325 g/mol. The summed E-state index contributed by atoms with van der Waals surface area (Å²) in [6.45, 7) is 0.858. The van der Waals surface area contributed by atoms with Crippen LogP contribution in [0.5, 0.6) is 0 Å². The van der Waals surface area contributed by atoms with Gasteiger partial charge < -0.3 is 9.80 Å². The van der Waals surface area contributed by atoms with Crippen molar-refractivity contribution in [2.75, 3.05) is 32.6 Å². The third-order valence-electron chi connectivity index (χ3n) is 3.69. The zero-order chi connectivity index (χ0) is 14.0. The second-order valence-corrected chi connectivity index (χ2v) is 6.86. The predicted octanol–water partition coefficient (Wildman–Crippen LogP) is 3.00. The fourth-order valence-electron chi connectivity index (χ4n) is 2.40. The Bertz CT molecular complexity index is 438. The van der Waals surface area contributed by atoms with E-state index in [1.54, 1.807) is 0 Å². The second-order valence-electron chi connectivity index (χ2n) is 5.56. The third kappa shape index (κ3) is 3.50. The fourth-order valence-corrected chi connectivity index (χ4v) is 3.45. The molecule has 0 aromatic heterocycles. The predicted molar refractivity (Wildman–Crippen MR) is 83.2 cm³/mol. The highest BCUT2D eigenvalue weighted by Gasteiger charge is 2.28. The molecule has 2 rings (SSSR count). The summed E-state index contributed by atoms with van der Waals surface area (Å²) < 4.78 is 0. The molecular formula is C15H21BrN2O. The molecule has 0 radical (unpaired) electrons. The minimum absolute atomic E-state index is 0.114. The lowest BCUT2D eigenvalue weighted by atomic mass is 9.85. The molecule has 1 aromatic carbocycles. The number of rotatable bonds is 4. The first-order valence-corrected chi connectivity index (χ1v) is 7.56. The van der Waals surface area contributed by atoms with Crippen molar-refractivity contribution in [3.05, 3.63) is 29.8 Å². The van der Waals surface area contributed by atoms with Crippen LogP contribution in [0.2, 0.25) is 0 Å². The van der Waals surface area contributed by atoms with Gasteiger partial charge in [0.05, 0.1) is 0 Å². The van der Waals surface area contributed by atoms with Crippen molar-refractivity contribution in [1.29, 1.82) is 0 Å². The summed E-state index contributed by atoms with van der Waals surface area (Å²) in [6, 6.07) is 7.78. The fraction of sp³-hybridized carbons (Fsp3) is 0.533. The van der Waals surface area contributed by atoms with Crippen LogP contribution in [-0.2, 0) is 0 Å². The van der Waals surface area contributed by atoms with E-state index < -0.39 is 0 Å². The van der Waals surface area contributed by atoms with Gasteiger partial charge in [-0.2, -0.15) is 0 Å². The standard InChI is InChI=1S/C15H21BrN2O/c1-17(2)14-6-4-12(5-7-14)15(19)18(3)10-11-8-13(16)9-11/h4-7,11,13H,8-10H2,1-3H3. The topological polar surface area (TPSA) is 23.6 Å². The molecule has 19 heavy (non-hydrogen) atoms. The number of carbonyl (C=O) groups is 1. The molecule has 1 amide bonds. The van der Waals surface area contributed by atoms with Crippen LogP contribution in [0.15, 0.2) is 24.3 Å². The number of benzene rings is 1. The van der Waals surface area contributed by atoms with E-state index in [-0.39, 0.29) is 5.91 Å². The van der Waals surface area contributed by atoms with Gasteiger partial charge in [-0.25, -0.2) is 0 Å². The van der Waals surface area contributed by atoms with Gasteiger partial charge in [0.15, 0.2) is 0 Å². The van der Waals surface area contributed by atoms with Crippen LogP contribution in [-0.4, -0.2) is 43.3 Å². The van der Waals surface area contributed by atoms with E-state index in [0.717, 1.165) is 17.8 Å². The lowest BCUT2D eigenvalue weighted by Crippen LogP contribution is -2.37. The van der Waals surface area contributed by atoms with Gasteiger partial charge in [0.25, 0.3) is 5.91 Å². The molecule has 0 spiro atoms. The monoisotopic (exact) mass is 324 g/mol. The van der Waals surface area contributed by atoms with E-state index in [1.807, 2.05) is 55.2 Å². The lowest BCUT2D eigenvalue weighted by Gasteiger charge is -2.34. The van der Waals surface area contributed by atoms with Crippen molar-refractivity contribution in [2.24, 2.45) is 5.92 Å². The van der Waals surface area contributed by atoms with Crippen LogP contribution in [0.1, 0.15) is 23.2 Å². The quantitative estimate of drug-likeness (QED) is 0.795. The maximum Gasteiger partial charge on any atom is 0.253 e. The summed E-state index contributed by atoms with van der Waals surface area (Å²) in [5.74, 6) is 0.766. The highest BCUT2D eigenvalue weighted by Crippen LogP contribution is 2.33. The smallest absolute Gasteiger partial charge is 0.253 e. The number of hydrogen-bond donors (Lipinski definition) is 0. The van der Waals surface area contributed by atoms with Gasteiger partial charge in [-0.1, -0.05) is 15.9 Å².